The molecule has 0 bridgehead atoms. The van der Waals surface area contributed by atoms with Crippen molar-refractivity contribution in [3.63, 3.8) is 0 Å². The lowest BCUT2D eigenvalue weighted by Crippen LogP contribution is -2.19. The molecule has 0 radical (unpaired) electrons. The smallest absolute Gasteiger partial charge is 0.214 e. The molecule has 0 atom stereocenters. The van der Waals surface area contributed by atoms with Crippen LogP contribution in [-0.2, 0) is 6.54 Å². The molecule has 2 heterocycles. The van der Waals surface area contributed by atoms with Gasteiger partial charge in [-0.25, -0.2) is 0 Å². The molecule has 134 valence electrons. The molecule has 0 aliphatic heterocycles. The molecule has 7 heteroatoms. The van der Waals surface area contributed by atoms with Crippen LogP contribution in [0.1, 0.15) is 16.1 Å². The number of fused-ring (bicyclic) bond motifs is 2. The number of benzene rings is 1. The van der Waals surface area contributed by atoms with Crippen molar-refractivity contribution < 1.29 is 4.79 Å². The molecular formula is C19H22N6O. The number of nitrogens with one attached hydrogen (secondary N) is 1. The molecule has 1 aromatic carbocycles. The van der Waals surface area contributed by atoms with Gasteiger partial charge in [-0.1, -0.05) is 0 Å². The van der Waals surface area contributed by atoms with Crippen LogP contribution >= 0.6 is 0 Å². The quantitative estimate of drug-likeness (QED) is 0.549. The molecule has 2 aromatic heterocycles. The minimum Gasteiger partial charge on any atom is -0.383 e. The Morgan fingerprint density at radius 1 is 1.23 bits per heavy atom. The molecule has 4 rings (SSSR count). The molecule has 0 saturated carbocycles. The van der Waals surface area contributed by atoms with E-state index in [1.165, 1.54) is 0 Å². The highest BCUT2D eigenvalue weighted by Gasteiger charge is 2.31. The molecule has 7 nitrogen and oxygen atoms in total. The molecule has 1 aliphatic rings. The van der Waals surface area contributed by atoms with E-state index in [1.807, 2.05) is 43.0 Å². The maximum atomic E-state index is 13.2. The number of aromatic nitrogens is 3. The molecule has 3 aromatic rings. The molecular weight excluding hydrogens is 328 g/mol. The normalized spacial score (nSPS) is 12.7. The third-order valence-electron chi connectivity index (χ3n) is 4.64. The third kappa shape index (κ3) is 2.56. The first-order chi connectivity index (χ1) is 12.6. The number of carbonyl (C=O) groups excluding carboxylic acids is 1. The summed E-state index contributed by atoms with van der Waals surface area (Å²) in [5.41, 5.74) is 10.1. The van der Waals surface area contributed by atoms with Gasteiger partial charge in [0.05, 0.1) is 17.6 Å². The molecule has 0 spiro atoms. The number of nitrogens with zero attached hydrogens (tertiary/aromatic N) is 4. The first-order valence-electron chi connectivity index (χ1n) is 8.74. The maximum absolute atomic E-state index is 13.2. The van der Waals surface area contributed by atoms with Crippen LogP contribution in [-0.4, -0.2) is 59.2 Å². The van der Waals surface area contributed by atoms with E-state index < -0.39 is 0 Å². The lowest BCUT2D eigenvalue weighted by Gasteiger charge is -2.17. The number of carbonyl (C=O) groups is 1. The van der Waals surface area contributed by atoms with Gasteiger partial charge >= 0.3 is 0 Å². The lowest BCUT2D eigenvalue weighted by molar-refractivity contribution is 0.103. The van der Waals surface area contributed by atoms with Gasteiger partial charge in [0.15, 0.2) is 0 Å². The Balaban J connectivity index is 1.96. The second-order valence-corrected chi connectivity index (χ2v) is 6.70. The number of ketones is 1. The molecule has 1 aliphatic carbocycles. The summed E-state index contributed by atoms with van der Waals surface area (Å²) in [6.45, 7) is 2.72. The van der Waals surface area contributed by atoms with E-state index in [2.05, 4.69) is 15.2 Å². The largest absolute Gasteiger partial charge is 0.383 e. The summed E-state index contributed by atoms with van der Waals surface area (Å²) in [6.07, 6.45) is 1.65. The molecule has 0 saturated heterocycles. The Morgan fingerprint density at radius 3 is 2.85 bits per heavy atom. The minimum atomic E-state index is -0.0645. The van der Waals surface area contributed by atoms with Crippen LogP contribution in [0.2, 0.25) is 0 Å². The summed E-state index contributed by atoms with van der Waals surface area (Å²) in [5.74, 6) is -0.0645. The van der Waals surface area contributed by atoms with Crippen LogP contribution < -0.4 is 11.1 Å². The Hall–Kier alpha value is -2.77. The average Bonchev–Trinajstić information content (AvgIpc) is 3.02. The van der Waals surface area contributed by atoms with Crippen molar-refractivity contribution >= 4 is 22.4 Å². The van der Waals surface area contributed by atoms with Crippen LogP contribution in [0.5, 0.6) is 0 Å². The van der Waals surface area contributed by atoms with E-state index >= 15 is 0 Å². The number of nitrogens with two attached hydrogens (primary N) is 1. The number of rotatable bonds is 6. The van der Waals surface area contributed by atoms with E-state index in [0.717, 1.165) is 40.9 Å². The second-order valence-electron chi connectivity index (χ2n) is 6.70. The van der Waals surface area contributed by atoms with E-state index in [-0.39, 0.29) is 5.78 Å². The number of anilines is 1. The van der Waals surface area contributed by atoms with Gasteiger partial charge in [0.1, 0.15) is 11.4 Å². The fourth-order valence-corrected chi connectivity index (χ4v) is 3.41. The minimum absolute atomic E-state index is 0.0645. The number of hydrogen-bond acceptors (Lipinski definition) is 6. The summed E-state index contributed by atoms with van der Waals surface area (Å²) in [4.78, 5) is 19.6. The van der Waals surface area contributed by atoms with E-state index in [1.54, 1.807) is 6.20 Å². The van der Waals surface area contributed by atoms with Crippen LogP contribution in [0.4, 0.5) is 5.69 Å². The average molecular weight is 350 g/mol. The Bertz CT molecular complexity index is 991. The highest BCUT2D eigenvalue weighted by Crippen LogP contribution is 2.41. The first-order valence-corrected chi connectivity index (χ1v) is 8.74. The number of likely N-dealkylation sites (N-methyl/N-ethyl adjacent to an activating group) is 1. The van der Waals surface area contributed by atoms with Crippen molar-refractivity contribution in [2.75, 3.05) is 39.0 Å². The topological polar surface area (TPSA) is 89.1 Å². The van der Waals surface area contributed by atoms with Crippen LogP contribution in [0.3, 0.4) is 0 Å². The fourth-order valence-electron chi connectivity index (χ4n) is 3.41. The van der Waals surface area contributed by atoms with Gasteiger partial charge in [-0.05, 0) is 38.4 Å². The van der Waals surface area contributed by atoms with Crippen molar-refractivity contribution in [3.8, 4) is 11.3 Å². The fraction of sp³-hybridized carbons (Fsp3) is 0.316. The molecule has 3 N–H and O–H groups in total. The predicted molar refractivity (Wildman–Crippen MR) is 102 cm³/mol. The summed E-state index contributed by atoms with van der Waals surface area (Å²) in [5, 5.41) is 9.00. The molecule has 0 fully saturated rings. The van der Waals surface area contributed by atoms with E-state index in [9.17, 15) is 4.79 Å². The van der Waals surface area contributed by atoms with Crippen molar-refractivity contribution in [1.82, 2.24) is 19.7 Å². The third-order valence-corrected chi connectivity index (χ3v) is 4.64. The summed E-state index contributed by atoms with van der Waals surface area (Å²) in [7, 11) is 4.07. The Labute approximate surface area is 151 Å². The first kappa shape index (κ1) is 16.7. The second kappa shape index (κ2) is 6.51. The highest BCUT2D eigenvalue weighted by molar-refractivity contribution is 6.26. The van der Waals surface area contributed by atoms with Gasteiger partial charge in [-0.3, -0.25) is 14.5 Å². The predicted octanol–water partition coefficient (Wildman–Crippen LogP) is 1.57. The van der Waals surface area contributed by atoms with Gasteiger partial charge in [0.25, 0.3) is 0 Å². The number of pyridine rings is 1. The Kier molecular flexibility index (Phi) is 4.18. The van der Waals surface area contributed by atoms with Gasteiger partial charge in [0, 0.05) is 42.5 Å². The van der Waals surface area contributed by atoms with Gasteiger partial charge in [-0.2, -0.15) is 5.10 Å². The standard InChI is InChI=1S/C19H22N6O/c1-24(2)10-11-25-14-6-5-13(21-9-7-20)15-16(14)17(23-25)12-4-3-8-22-18(12)19(15)26/h3-6,8,21H,7,9-11,20H2,1-2H3. The van der Waals surface area contributed by atoms with Crippen molar-refractivity contribution in [1.29, 1.82) is 0 Å². The summed E-state index contributed by atoms with van der Waals surface area (Å²) in [6, 6.07) is 7.73. The zero-order chi connectivity index (χ0) is 18.3. The summed E-state index contributed by atoms with van der Waals surface area (Å²) < 4.78 is 1.98. The van der Waals surface area contributed by atoms with E-state index in [0.29, 0.717) is 24.3 Å². The van der Waals surface area contributed by atoms with Crippen molar-refractivity contribution in [3.05, 3.63) is 41.7 Å². The maximum Gasteiger partial charge on any atom is 0.214 e. The SMILES string of the molecule is CN(C)CCn1nc2c3c(c(NCCN)ccc31)C(=O)c1ncccc1-2. The summed E-state index contributed by atoms with van der Waals surface area (Å²) >= 11 is 0. The van der Waals surface area contributed by atoms with Crippen molar-refractivity contribution in [2.45, 2.75) is 6.54 Å². The monoisotopic (exact) mass is 350 g/mol. The molecule has 26 heavy (non-hydrogen) atoms. The lowest BCUT2D eigenvalue weighted by atomic mass is 9.89. The van der Waals surface area contributed by atoms with Crippen LogP contribution in [0.15, 0.2) is 30.5 Å². The van der Waals surface area contributed by atoms with Gasteiger partial charge < -0.3 is 16.0 Å². The van der Waals surface area contributed by atoms with Crippen LogP contribution in [0.25, 0.3) is 22.2 Å². The number of hydrogen-bond donors (Lipinski definition) is 2. The van der Waals surface area contributed by atoms with Crippen molar-refractivity contribution in [2.24, 2.45) is 5.73 Å². The molecule has 0 amide bonds. The zero-order valence-electron chi connectivity index (χ0n) is 15.0. The van der Waals surface area contributed by atoms with E-state index in [4.69, 9.17) is 10.8 Å². The van der Waals surface area contributed by atoms with Crippen LogP contribution in [0, 0.1) is 0 Å². The Morgan fingerprint density at radius 2 is 2.08 bits per heavy atom. The molecule has 0 unspecified atom stereocenters. The zero-order valence-corrected chi connectivity index (χ0v) is 15.0. The van der Waals surface area contributed by atoms with Gasteiger partial charge in [0.2, 0.25) is 5.78 Å². The van der Waals surface area contributed by atoms with Gasteiger partial charge in [-0.15, -0.1) is 0 Å². The highest BCUT2D eigenvalue weighted by atomic mass is 16.1.